The lowest BCUT2D eigenvalue weighted by molar-refractivity contribution is -0.383. The molecule has 3 aromatic rings. The van der Waals surface area contributed by atoms with Crippen LogP contribution in [0.1, 0.15) is 50.5 Å². The number of nitro benzene ring substituents is 1. The second-order valence-corrected chi connectivity index (χ2v) is 11.7. The first kappa shape index (κ1) is 28.0. The number of nitro groups is 1. The summed E-state index contributed by atoms with van der Waals surface area (Å²) < 4.78 is 32.7. The summed E-state index contributed by atoms with van der Waals surface area (Å²) in [6, 6.07) is 8.25. The average Bonchev–Trinajstić information content (AvgIpc) is 3.62. The predicted molar refractivity (Wildman–Crippen MR) is 153 cm³/mol. The van der Waals surface area contributed by atoms with Crippen LogP contribution in [0.4, 0.5) is 16.2 Å². The molecule has 1 aromatic heterocycles. The van der Waals surface area contributed by atoms with Crippen LogP contribution in [0, 0.1) is 10.1 Å². The van der Waals surface area contributed by atoms with Crippen LogP contribution in [0.25, 0.3) is 11.0 Å². The van der Waals surface area contributed by atoms with Gasteiger partial charge in [-0.25, -0.2) is 22.6 Å². The van der Waals surface area contributed by atoms with Crippen molar-refractivity contribution in [3.8, 4) is 0 Å². The van der Waals surface area contributed by atoms with E-state index in [1.807, 2.05) is 0 Å². The number of fused-ring (bicyclic) bond motifs is 2. The summed E-state index contributed by atoms with van der Waals surface area (Å²) in [6.07, 6.45) is 9.27. The van der Waals surface area contributed by atoms with Crippen molar-refractivity contribution in [1.29, 1.82) is 0 Å². The number of nitrogens with one attached hydrogen (secondary N) is 3. The van der Waals surface area contributed by atoms with Gasteiger partial charge in [-0.2, -0.15) is 0 Å². The van der Waals surface area contributed by atoms with Crippen molar-refractivity contribution in [2.45, 2.75) is 56.3 Å². The van der Waals surface area contributed by atoms with E-state index in [0.717, 1.165) is 61.7 Å². The lowest BCUT2D eigenvalue weighted by Gasteiger charge is -2.17. The Balaban J connectivity index is 1.21. The van der Waals surface area contributed by atoms with Crippen LogP contribution < -0.4 is 15.4 Å². The number of allylic oxidation sites excluding steroid dienone is 4. The van der Waals surface area contributed by atoms with E-state index in [0.29, 0.717) is 24.4 Å². The topological polar surface area (TPSA) is 169 Å². The molecule has 2 aliphatic carbocycles. The normalized spacial score (nSPS) is 17.2. The third-order valence-electron chi connectivity index (χ3n) is 7.26. The van der Waals surface area contributed by atoms with Gasteiger partial charge in [-0.3, -0.25) is 10.1 Å². The maximum absolute atomic E-state index is 13.0. The van der Waals surface area contributed by atoms with Gasteiger partial charge in [0.05, 0.1) is 15.5 Å². The van der Waals surface area contributed by atoms with Gasteiger partial charge in [0.25, 0.3) is 10.0 Å². The molecule has 0 spiro atoms. The van der Waals surface area contributed by atoms with Crippen molar-refractivity contribution in [2.24, 2.45) is 0 Å². The van der Waals surface area contributed by atoms with Crippen molar-refractivity contribution >= 4 is 38.5 Å². The van der Waals surface area contributed by atoms with Gasteiger partial charge in [0, 0.05) is 18.3 Å². The van der Waals surface area contributed by atoms with E-state index in [1.165, 1.54) is 29.8 Å². The zero-order valence-corrected chi connectivity index (χ0v) is 23.1. The maximum atomic E-state index is 13.0. The van der Waals surface area contributed by atoms with E-state index in [-0.39, 0.29) is 21.6 Å². The molecule has 0 aliphatic heterocycles. The molecule has 0 atom stereocenters. The summed E-state index contributed by atoms with van der Waals surface area (Å²) >= 11 is 0. The van der Waals surface area contributed by atoms with Gasteiger partial charge in [0.1, 0.15) is 0 Å². The number of aromatic nitrogens is 2. The summed E-state index contributed by atoms with van der Waals surface area (Å²) in [7, 11) is -4.11. The van der Waals surface area contributed by atoms with Crippen LogP contribution in [0.2, 0.25) is 0 Å². The van der Waals surface area contributed by atoms with Crippen LogP contribution >= 0.6 is 0 Å². The van der Waals surface area contributed by atoms with Crippen LogP contribution in [-0.2, 0) is 16.4 Å². The fraction of sp³-hybridized carbons (Fsp3) is 0.321. The Morgan fingerprint density at radius 1 is 1.02 bits per heavy atom. The molecule has 2 aromatic carbocycles. The molecule has 214 valence electrons. The van der Waals surface area contributed by atoms with Crippen molar-refractivity contribution in [3.05, 3.63) is 87.1 Å². The molecule has 2 amide bonds. The van der Waals surface area contributed by atoms with Gasteiger partial charge < -0.3 is 10.6 Å². The highest BCUT2D eigenvalue weighted by molar-refractivity contribution is 7.90. The molecule has 1 fully saturated rings. The van der Waals surface area contributed by atoms with Gasteiger partial charge in [-0.15, -0.1) is 0 Å². The highest BCUT2D eigenvalue weighted by Crippen LogP contribution is 2.36. The number of hydrogen-bond acceptors (Lipinski definition) is 9. The number of benzene rings is 2. The van der Waals surface area contributed by atoms with Crippen LogP contribution in [-0.4, -0.2) is 36.2 Å². The Morgan fingerprint density at radius 3 is 2.59 bits per heavy atom. The maximum Gasteiger partial charge on any atom is 0.333 e. The number of anilines is 1. The van der Waals surface area contributed by atoms with Gasteiger partial charge >= 0.3 is 11.7 Å². The first-order chi connectivity index (χ1) is 19.7. The predicted octanol–water partition coefficient (Wildman–Crippen LogP) is 5.27. The molecule has 0 bridgehead atoms. The molecule has 0 saturated heterocycles. The Morgan fingerprint density at radius 2 is 1.80 bits per heavy atom. The molecule has 12 nitrogen and oxygen atoms in total. The summed E-state index contributed by atoms with van der Waals surface area (Å²) in [6.45, 7) is 4.60. The largest absolute Gasteiger partial charge is 0.383 e. The summed E-state index contributed by atoms with van der Waals surface area (Å²) in [5.74, 6) is 0. The van der Waals surface area contributed by atoms with E-state index in [2.05, 4.69) is 43.0 Å². The molecule has 5 rings (SSSR count). The monoisotopic (exact) mass is 578 g/mol. The molecule has 2 aliphatic rings. The van der Waals surface area contributed by atoms with Crippen molar-refractivity contribution in [3.63, 3.8) is 0 Å². The van der Waals surface area contributed by atoms with Gasteiger partial charge in [0.15, 0.2) is 5.52 Å². The molecule has 3 N–H and O–H groups in total. The Kier molecular flexibility index (Phi) is 8.15. The minimum Gasteiger partial charge on any atom is -0.383 e. The highest BCUT2D eigenvalue weighted by atomic mass is 32.2. The fourth-order valence-corrected chi connectivity index (χ4v) is 6.09. The molecule has 1 heterocycles. The lowest BCUT2D eigenvalue weighted by Crippen LogP contribution is -2.39. The molecular weight excluding hydrogens is 548 g/mol. The molecule has 13 heteroatoms. The Bertz CT molecular complexity index is 1670. The third-order valence-corrected chi connectivity index (χ3v) is 8.61. The second kappa shape index (κ2) is 11.9. The molecule has 0 radical (unpaired) electrons. The van der Waals surface area contributed by atoms with E-state index in [9.17, 15) is 23.3 Å². The average molecular weight is 579 g/mol. The minimum atomic E-state index is -4.11. The lowest BCUT2D eigenvalue weighted by atomic mass is 10.0. The highest BCUT2D eigenvalue weighted by Gasteiger charge is 2.24. The van der Waals surface area contributed by atoms with E-state index in [1.54, 1.807) is 12.1 Å². The SMILES string of the molecule is C=C1CCCC/C=C2/CCCC2=C1NC(=O)NS(=O)(=O)c1ccc(CCNc2ccc([N+](=O)[O-])c3nonc23)cc1. The molecule has 1 saturated carbocycles. The summed E-state index contributed by atoms with van der Waals surface area (Å²) in [4.78, 5) is 23.4. The Hall–Kier alpha value is -4.52. The number of hydrogen-bond donors (Lipinski definition) is 3. The first-order valence-electron chi connectivity index (χ1n) is 13.4. The van der Waals surface area contributed by atoms with E-state index in [4.69, 9.17) is 0 Å². The molecule has 0 unspecified atom stereocenters. The standard InChI is InChI=1S/C28H30N6O6S/c1-18-6-3-2-4-7-20-8-5-9-22(20)25(18)30-28(35)33-41(38,39)21-12-10-19(11-13-21)16-17-29-23-14-15-24(34(36)37)27-26(23)31-40-32-27/h7,10-15,29H,1-6,8-9,16-17H2,(H2,30,33,35)/b20-7-,25-22?. The summed E-state index contributed by atoms with van der Waals surface area (Å²) in [5, 5.41) is 24.5. The minimum absolute atomic E-state index is 0.0393. The Labute approximate surface area is 236 Å². The quantitative estimate of drug-likeness (QED) is 0.238. The number of rotatable bonds is 8. The zero-order valence-electron chi connectivity index (χ0n) is 22.3. The van der Waals surface area contributed by atoms with Crippen molar-refractivity contribution in [1.82, 2.24) is 20.4 Å². The molecule has 41 heavy (non-hydrogen) atoms. The second-order valence-electron chi connectivity index (χ2n) is 10.0. The van der Waals surface area contributed by atoms with Gasteiger partial charge in [-0.1, -0.05) is 24.8 Å². The van der Waals surface area contributed by atoms with Crippen molar-refractivity contribution < 1.29 is 22.8 Å². The molecular formula is C28H30N6O6S. The third kappa shape index (κ3) is 6.30. The van der Waals surface area contributed by atoms with Crippen LogP contribution in [0.15, 0.2) is 81.0 Å². The van der Waals surface area contributed by atoms with Gasteiger partial charge in [-0.05, 0) is 102 Å². The number of carbonyl (C=O) groups excluding carboxylic acids is 1. The van der Waals surface area contributed by atoms with Crippen molar-refractivity contribution in [2.75, 3.05) is 11.9 Å². The number of sulfonamides is 1. The van der Waals surface area contributed by atoms with Crippen LogP contribution in [0.5, 0.6) is 0 Å². The van der Waals surface area contributed by atoms with E-state index >= 15 is 0 Å². The van der Waals surface area contributed by atoms with Crippen LogP contribution in [0.3, 0.4) is 0 Å². The van der Waals surface area contributed by atoms with E-state index < -0.39 is 21.0 Å². The summed E-state index contributed by atoms with van der Waals surface area (Å²) in [5.41, 5.74) is 5.19. The fourth-order valence-electron chi connectivity index (χ4n) is 5.18. The first-order valence-corrected chi connectivity index (χ1v) is 14.9. The smallest absolute Gasteiger partial charge is 0.333 e. The number of non-ortho nitro benzene ring substituents is 1. The number of nitrogens with zero attached hydrogens (tertiary/aromatic N) is 3. The number of urea groups is 1. The number of carbonyl (C=O) groups is 1. The van der Waals surface area contributed by atoms with Gasteiger partial charge in [0.2, 0.25) is 5.52 Å². The zero-order chi connectivity index (χ0) is 29.0. The number of amides is 2.